The molecule has 5 heteroatoms. The summed E-state index contributed by atoms with van der Waals surface area (Å²) >= 11 is 3.43. The van der Waals surface area contributed by atoms with Crippen molar-refractivity contribution < 1.29 is 9.84 Å². The van der Waals surface area contributed by atoms with Crippen molar-refractivity contribution in [2.24, 2.45) is 7.05 Å². The van der Waals surface area contributed by atoms with Gasteiger partial charge in [-0.2, -0.15) is 5.10 Å². The van der Waals surface area contributed by atoms with Crippen LogP contribution in [-0.4, -0.2) is 22.0 Å². The Morgan fingerprint density at radius 3 is 2.68 bits per heavy atom. The van der Waals surface area contributed by atoms with Gasteiger partial charge in [0.15, 0.2) is 0 Å². The molecule has 0 aliphatic heterocycles. The third kappa shape index (κ3) is 3.16. The number of aliphatic hydroxyl groups is 1. The van der Waals surface area contributed by atoms with Gasteiger partial charge in [-0.1, -0.05) is 6.07 Å². The SMILES string of the molecule is COc1ccc(C(O)Cc2cc(C)nn2C)cc1Br. The molecule has 2 rings (SSSR count). The molecule has 4 nitrogen and oxygen atoms in total. The van der Waals surface area contributed by atoms with Crippen molar-refractivity contribution in [3.63, 3.8) is 0 Å². The Morgan fingerprint density at radius 1 is 1.42 bits per heavy atom. The lowest BCUT2D eigenvalue weighted by molar-refractivity contribution is 0.175. The highest BCUT2D eigenvalue weighted by Gasteiger charge is 2.13. The molecule has 0 amide bonds. The highest BCUT2D eigenvalue weighted by molar-refractivity contribution is 9.10. The van der Waals surface area contributed by atoms with Crippen molar-refractivity contribution in [1.82, 2.24) is 9.78 Å². The molecule has 0 aliphatic rings. The topological polar surface area (TPSA) is 47.3 Å². The van der Waals surface area contributed by atoms with E-state index in [0.717, 1.165) is 27.2 Å². The number of aryl methyl sites for hydroxylation is 2. The molecule has 1 atom stereocenters. The molecule has 0 saturated heterocycles. The van der Waals surface area contributed by atoms with Crippen LogP contribution in [0.25, 0.3) is 0 Å². The lowest BCUT2D eigenvalue weighted by Crippen LogP contribution is -2.06. The third-order valence-electron chi connectivity index (χ3n) is 3.06. The molecule has 0 saturated carbocycles. The number of halogens is 1. The van der Waals surface area contributed by atoms with Crippen LogP contribution in [0, 0.1) is 6.92 Å². The van der Waals surface area contributed by atoms with Gasteiger partial charge in [0.2, 0.25) is 0 Å². The van der Waals surface area contributed by atoms with E-state index in [-0.39, 0.29) is 0 Å². The second-order valence-electron chi connectivity index (χ2n) is 4.51. The number of ether oxygens (including phenoxy) is 1. The summed E-state index contributed by atoms with van der Waals surface area (Å²) in [4.78, 5) is 0. The molecule has 0 spiro atoms. The summed E-state index contributed by atoms with van der Waals surface area (Å²) in [7, 11) is 3.51. The number of aliphatic hydroxyl groups excluding tert-OH is 1. The first-order valence-electron chi connectivity index (χ1n) is 6.02. The molecule has 1 heterocycles. The fraction of sp³-hybridized carbons (Fsp3) is 0.357. The van der Waals surface area contributed by atoms with E-state index in [1.165, 1.54) is 0 Å². The molecule has 1 aromatic carbocycles. The van der Waals surface area contributed by atoms with Crippen LogP contribution >= 0.6 is 15.9 Å². The molecule has 0 radical (unpaired) electrons. The Kier molecular flexibility index (Phi) is 4.27. The number of hydrogen-bond donors (Lipinski definition) is 1. The van der Waals surface area contributed by atoms with Crippen LogP contribution in [0.3, 0.4) is 0 Å². The molecule has 1 N–H and O–H groups in total. The van der Waals surface area contributed by atoms with E-state index in [2.05, 4.69) is 21.0 Å². The van der Waals surface area contributed by atoms with Gasteiger partial charge in [0.1, 0.15) is 5.75 Å². The third-order valence-corrected chi connectivity index (χ3v) is 3.68. The Bertz CT molecular complexity index is 581. The number of benzene rings is 1. The Morgan fingerprint density at radius 2 is 2.16 bits per heavy atom. The van der Waals surface area contributed by atoms with E-state index in [1.54, 1.807) is 11.8 Å². The van der Waals surface area contributed by atoms with Crippen LogP contribution in [0.5, 0.6) is 5.75 Å². The van der Waals surface area contributed by atoms with Gasteiger partial charge in [-0.25, -0.2) is 0 Å². The van der Waals surface area contributed by atoms with Gasteiger partial charge in [-0.3, -0.25) is 4.68 Å². The Labute approximate surface area is 121 Å². The molecule has 2 aromatic rings. The predicted octanol–water partition coefficient (Wildman–Crippen LogP) is 2.78. The average Bonchev–Trinajstić information content (AvgIpc) is 2.67. The normalized spacial score (nSPS) is 12.5. The number of nitrogens with zero attached hydrogens (tertiary/aromatic N) is 2. The molecule has 0 fully saturated rings. The zero-order chi connectivity index (χ0) is 14.0. The van der Waals surface area contributed by atoms with Crippen LogP contribution in [0.1, 0.15) is 23.1 Å². The summed E-state index contributed by atoms with van der Waals surface area (Å²) in [6.45, 7) is 1.94. The fourth-order valence-corrected chi connectivity index (χ4v) is 2.62. The number of methoxy groups -OCH3 is 1. The van der Waals surface area contributed by atoms with Gasteiger partial charge in [-0.05, 0) is 46.6 Å². The van der Waals surface area contributed by atoms with Gasteiger partial charge in [0.25, 0.3) is 0 Å². The van der Waals surface area contributed by atoms with Crippen LogP contribution in [0.4, 0.5) is 0 Å². The van der Waals surface area contributed by atoms with Crippen LogP contribution < -0.4 is 4.74 Å². The summed E-state index contributed by atoms with van der Waals surface area (Å²) in [5.74, 6) is 0.757. The smallest absolute Gasteiger partial charge is 0.133 e. The van der Waals surface area contributed by atoms with E-state index in [4.69, 9.17) is 4.74 Å². The van der Waals surface area contributed by atoms with Gasteiger partial charge >= 0.3 is 0 Å². The van der Waals surface area contributed by atoms with E-state index in [1.807, 2.05) is 38.2 Å². The summed E-state index contributed by atoms with van der Waals surface area (Å²) in [6.07, 6.45) is -0.0205. The highest BCUT2D eigenvalue weighted by Crippen LogP contribution is 2.29. The van der Waals surface area contributed by atoms with Crippen molar-refractivity contribution in [2.45, 2.75) is 19.4 Å². The van der Waals surface area contributed by atoms with E-state index >= 15 is 0 Å². The van der Waals surface area contributed by atoms with Crippen molar-refractivity contribution in [3.8, 4) is 5.75 Å². The Hall–Kier alpha value is -1.33. The quantitative estimate of drug-likeness (QED) is 0.940. The molecule has 19 heavy (non-hydrogen) atoms. The van der Waals surface area contributed by atoms with Crippen molar-refractivity contribution in [2.75, 3.05) is 7.11 Å². The second-order valence-corrected chi connectivity index (χ2v) is 5.37. The molecule has 0 aliphatic carbocycles. The molecule has 102 valence electrons. The van der Waals surface area contributed by atoms with E-state index in [9.17, 15) is 5.11 Å². The summed E-state index contributed by atoms with van der Waals surface area (Å²) in [6, 6.07) is 7.59. The molecule has 0 bridgehead atoms. The Balaban J connectivity index is 2.18. The van der Waals surface area contributed by atoms with Crippen LogP contribution in [0.15, 0.2) is 28.7 Å². The van der Waals surface area contributed by atoms with Gasteiger partial charge in [-0.15, -0.1) is 0 Å². The lowest BCUT2D eigenvalue weighted by atomic mass is 10.0. The number of rotatable bonds is 4. The van der Waals surface area contributed by atoms with Crippen molar-refractivity contribution >= 4 is 15.9 Å². The second kappa shape index (κ2) is 5.75. The minimum absolute atomic E-state index is 0.538. The van der Waals surface area contributed by atoms with Crippen molar-refractivity contribution in [3.05, 3.63) is 45.7 Å². The highest BCUT2D eigenvalue weighted by atomic mass is 79.9. The minimum Gasteiger partial charge on any atom is -0.496 e. The maximum atomic E-state index is 10.3. The zero-order valence-corrected chi connectivity index (χ0v) is 12.8. The molecular formula is C14H17BrN2O2. The summed E-state index contributed by atoms with van der Waals surface area (Å²) < 4.78 is 7.82. The minimum atomic E-state index is -0.558. The lowest BCUT2D eigenvalue weighted by Gasteiger charge is -2.13. The molecule has 1 unspecified atom stereocenters. The van der Waals surface area contributed by atoms with Crippen molar-refractivity contribution in [1.29, 1.82) is 0 Å². The predicted molar refractivity (Wildman–Crippen MR) is 77.3 cm³/mol. The summed E-state index contributed by atoms with van der Waals surface area (Å²) in [5, 5.41) is 14.6. The summed E-state index contributed by atoms with van der Waals surface area (Å²) in [5.41, 5.74) is 2.82. The first-order chi connectivity index (χ1) is 9.01. The fourth-order valence-electron chi connectivity index (χ4n) is 2.06. The van der Waals surface area contributed by atoms with E-state index < -0.39 is 6.10 Å². The first kappa shape index (κ1) is 14.1. The number of hydrogen-bond acceptors (Lipinski definition) is 3. The van der Waals surface area contributed by atoms with Gasteiger partial charge in [0.05, 0.1) is 23.4 Å². The number of aromatic nitrogens is 2. The van der Waals surface area contributed by atoms with Crippen LogP contribution in [-0.2, 0) is 13.5 Å². The van der Waals surface area contributed by atoms with Gasteiger partial charge in [0, 0.05) is 19.2 Å². The maximum Gasteiger partial charge on any atom is 0.133 e. The standard InChI is InChI=1S/C14H17BrN2O2/c1-9-6-11(17(2)16-9)8-13(18)10-4-5-14(19-3)12(15)7-10/h4-7,13,18H,8H2,1-3H3. The first-order valence-corrected chi connectivity index (χ1v) is 6.81. The average molecular weight is 325 g/mol. The largest absolute Gasteiger partial charge is 0.496 e. The zero-order valence-electron chi connectivity index (χ0n) is 11.2. The monoisotopic (exact) mass is 324 g/mol. The molecule has 1 aromatic heterocycles. The van der Waals surface area contributed by atoms with Crippen LogP contribution in [0.2, 0.25) is 0 Å². The molecular weight excluding hydrogens is 308 g/mol. The van der Waals surface area contributed by atoms with Gasteiger partial charge < -0.3 is 9.84 Å². The van der Waals surface area contributed by atoms with E-state index in [0.29, 0.717) is 6.42 Å². The maximum absolute atomic E-state index is 10.3.